The largest absolute Gasteiger partial charge is 0.314 e. The zero-order valence-electron chi connectivity index (χ0n) is 13.5. The summed E-state index contributed by atoms with van der Waals surface area (Å²) in [6.45, 7) is 10.5. The highest BCUT2D eigenvalue weighted by Gasteiger charge is 2.34. The topological polar surface area (TPSA) is 24.9 Å². The standard InChI is InChI=1S/C18H30N2/c1-14(2)20-13-16-7-8-18(3,4)11-17(16)10-15-6-5-9-19-12-15/h5-6,9,12,14,16-17,20H,7-8,10-11,13H2,1-4H3. The first-order valence-corrected chi connectivity index (χ1v) is 8.08. The van der Waals surface area contributed by atoms with Gasteiger partial charge in [-0.25, -0.2) is 0 Å². The zero-order valence-corrected chi connectivity index (χ0v) is 13.5. The predicted molar refractivity (Wildman–Crippen MR) is 85.7 cm³/mol. The molecule has 2 atom stereocenters. The van der Waals surface area contributed by atoms with Gasteiger partial charge >= 0.3 is 0 Å². The van der Waals surface area contributed by atoms with Crippen LogP contribution in [0.1, 0.15) is 52.5 Å². The second-order valence-corrected chi connectivity index (χ2v) is 7.56. The van der Waals surface area contributed by atoms with Crippen molar-refractivity contribution in [3.63, 3.8) is 0 Å². The van der Waals surface area contributed by atoms with Gasteiger partial charge in [-0.05, 0) is 61.1 Å². The van der Waals surface area contributed by atoms with Gasteiger partial charge in [-0.3, -0.25) is 4.98 Å². The molecule has 0 saturated heterocycles. The lowest BCUT2D eigenvalue weighted by molar-refractivity contribution is 0.114. The van der Waals surface area contributed by atoms with E-state index in [1.54, 1.807) is 0 Å². The van der Waals surface area contributed by atoms with E-state index in [0.29, 0.717) is 11.5 Å². The lowest BCUT2D eigenvalue weighted by atomic mass is 9.65. The lowest BCUT2D eigenvalue weighted by Crippen LogP contribution is -2.38. The molecule has 2 heteroatoms. The van der Waals surface area contributed by atoms with E-state index in [0.717, 1.165) is 11.8 Å². The molecule has 0 bridgehead atoms. The number of hydrogen-bond donors (Lipinski definition) is 1. The molecular weight excluding hydrogens is 244 g/mol. The zero-order chi connectivity index (χ0) is 14.6. The Morgan fingerprint density at radius 3 is 2.80 bits per heavy atom. The number of aromatic nitrogens is 1. The number of nitrogens with zero attached hydrogens (tertiary/aromatic N) is 1. The molecule has 0 radical (unpaired) electrons. The maximum Gasteiger partial charge on any atom is 0.0299 e. The van der Waals surface area contributed by atoms with Gasteiger partial charge in [0, 0.05) is 18.4 Å². The van der Waals surface area contributed by atoms with Gasteiger partial charge in [0.15, 0.2) is 0 Å². The van der Waals surface area contributed by atoms with E-state index in [1.165, 1.54) is 37.8 Å². The smallest absolute Gasteiger partial charge is 0.0299 e. The van der Waals surface area contributed by atoms with Crippen molar-refractivity contribution in [1.82, 2.24) is 10.3 Å². The average Bonchev–Trinajstić information content (AvgIpc) is 2.38. The van der Waals surface area contributed by atoms with Gasteiger partial charge in [-0.1, -0.05) is 33.8 Å². The lowest BCUT2D eigenvalue weighted by Gasteiger charge is -2.41. The van der Waals surface area contributed by atoms with Gasteiger partial charge in [-0.2, -0.15) is 0 Å². The number of pyridine rings is 1. The molecule has 1 N–H and O–H groups in total. The summed E-state index contributed by atoms with van der Waals surface area (Å²) < 4.78 is 0. The van der Waals surface area contributed by atoms with Crippen LogP contribution in [0.4, 0.5) is 0 Å². The molecule has 2 unspecified atom stereocenters. The fourth-order valence-electron chi connectivity index (χ4n) is 3.51. The van der Waals surface area contributed by atoms with Gasteiger partial charge in [0.1, 0.15) is 0 Å². The molecule has 1 aromatic rings. The first kappa shape index (κ1) is 15.5. The molecule has 1 aliphatic carbocycles. The first-order chi connectivity index (χ1) is 9.46. The molecule has 1 fully saturated rings. The van der Waals surface area contributed by atoms with Crippen molar-refractivity contribution in [3.8, 4) is 0 Å². The Hall–Kier alpha value is -0.890. The normalized spacial score (nSPS) is 25.9. The van der Waals surface area contributed by atoms with E-state index in [-0.39, 0.29) is 0 Å². The molecule has 1 aromatic heterocycles. The number of nitrogens with one attached hydrogen (secondary N) is 1. The Morgan fingerprint density at radius 2 is 2.15 bits per heavy atom. The molecule has 1 saturated carbocycles. The summed E-state index contributed by atoms with van der Waals surface area (Å²) in [5.41, 5.74) is 1.89. The van der Waals surface area contributed by atoms with Crippen molar-refractivity contribution in [3.05, 3.63) is 30.1 Å². The van der Waals surface area contributed by atoms with Crippen molar-refractivity contribution in [2.45, 2.75) is 59.4 Å². The number of rotatable bonds is 5. The molecule has 1 heterocycles. The fraction of sp³-hybridized carbons (Fsp3) is 0.722. The molecule has 0 aliphatic heterocycles. The van der Waals surface area contributed by atoms with E-state index in [2.05, 4.69) is 50.1 Å². The number of hydrogen-bond acceptors (Lipinski definition) is 2. The summed E-state index contributed by atoms with van der Waals surface area (Å²) in [7, 11) is 0. The summed E-state index contributed by atoms with van der Waals surface area (Å²) in [5.74, 6) is 1.60. The third-order valence-corrected chi connectivity index (χ3v) is 4.68. The summed E-state index contributed by atoms with van der Waals surface area (Å²) in [6, 6.07) is 4.87. The highest BCUT2D eigenvalue weighted by molar-refractivity contribution is 5.10. The average molecular weight is 274 g/mol. The van der Waals surface area contributed by atoms with Crippen molar-refractivity contribution in [2.75, 3.05) is 6.54 Å². The SMILES string of the molecule is CC(C)NCC1CCC(C)(C)CC1Cc1cccnc1. The molecule has 0 aromatic carbocycles. The monoisotopic (exact) mass is 274 g/mol. The van der Waals surface area contributed by atoms with E-state index in [9.17, 15) is 0 Å². The Kier molecular flexibility index (Phi) is 5.20. The Morgan fingerprint density at radius 1 is 1.35 bits per heavy atom. The Labute approximate surface area is 124 Å². The third-order valence-electron chi connectivity index (χ3n) is 4.68. The van der Waals surface area contributed by atoms with Gasteiger partial charge < -0.3 is 5.32 Å². The van der Waals surface area contributed by atoms with Crippen LogP contribution in [0.3, 0.4) is 0 Å². The minimum atomic E-state index is 0.501. The highest BCUT2D eigenvalue weighted by Crippen LogP contribution is 2.42. The fourth-order valence-corrected chi connectivity index (χ4v) is 3.51. The molecule has 112 valence electrons. The van der Waals surface area contributed by atoms with Crippen LogP contribution in [0.15, 0.2) is 24.5 Å². The van der Waals surface area contributed by atoms with Crippen LogP contribution in [0.5, 0.6) is 0 Å². The third kappa shape index (κ3) is 4.59. The van der Waals surface area contributed by atoms with Crippen LogP contribution in [-0.4, -0.2) is 17.6 Å². The summed E-state index contributed by atoms with van der Waals surface area (Å²) in [5, 5.41) is 3.64. The molecule has 2 rings (SSSR count). The van der Waals surface area contributed by atoms with E-state index in [4.69, 9.17) is 0 Å². The minimum Gasteiger partial charge on any atom is -0.314 e. The molecule has 0 spiro atoms. The Bertz CT molecular complexity index is 395. The highest BCUT2D eigenvalue weighted by atomic mass is 14.9. The molecule has 1 aliphatic rings. The van der Waals surface area contributed by atoms with Crippen molar-refractivity contribution in [2.24, 2.45) is 17.3 Å². The van der Waals surface area contributed by atoms with Gasteiger partial charge in [0.25, 0.3) is 0 Å². The van der Waals surface area contributed by atoms with E-state index in [1.807, 2.05) is 12.4 Å². The maximum absolute atomic E-state index is 4.27. The van der Waals surface area contributed by atoms with E-state index >= 15 is 0 Å². The van der Waals surface area contributed by atoms with Crippen molar-refractivity contribution in [1.29, 1.82) is 0 Å². The van der Waals surface area contributed by atoms with Crippen LogP contribution in [0.25, 0.3) is 0 Å². The van der Waals surface area contributed by atoms with Crippen molar-refractivity contribution < 1.29 is 0 Å². The van der Waals surface area contributed by atoms with Gasteiger partial charge in [-0.15, -0.1) is 0 Å². The second-order valence-electron chi connectivity index (χ2n) is 7.56. The van der Waals surface area contributed by atoms with Crippen LogP contribution in [0, 0.1) is 17.3 Å². The van der Waals surface area contributed by atoms with Gasteiger partial charge in [0.2, 0.25) is 0 Å². The summed E-state index contributed by atoms with van der Waals surface area (Å²) >= 11 is 0. The second kappa shape index (κ2) is 6.71. The first-order valence-electron chi connectivity index (χ1n) is 8.08. The molecule has 2 nitrogen and oxygen atoms in total. The molecule has 0 amide bonds. The molecular formula is C18H30N2. The van der Waals surface area contributed by atoms with Crippen LogP contribution >= 0.6 is 0 Å². The van der Waals surface area contributed by atoms with Gasteiger partial charge in [0.05, 0.1) is 0 Å². The predicted octanol–water partition coefficient (Wildman–Crippen LogP) is 4.06. The Balaban J connectivity index is 2.02. The van der Waals surface area contributed by atoms with Crippen LogP contribution in [-0.2, 0) is 6.42 Å². The summed E-state index contributed by atoms with van der Waals surface area (Å²) in [6.07, 6.45) is 9.15. The van der Waals surface area contributed by atoms with E-state index < -0.39 is 0 Å². The summed E-state index contributed by atoms with van der Waals surface area (Å²) in [4.78, 5) is 4.27. The minimum absolute atomic E-state index is 0.501. The van der Waals surface area contributed by atoms with Crippen molar-refractivity contribution >= 4 is 0 Å². The molecule has 20 heavy (non-hydrogen) atoms. The quantitative estimate of drug-likeness (QED) is 0.875. The maximum atomic E-state index is 4.27. The van der Waals surface area contributed by atoms with Crippen LogP contribution in [0.2, 0.25) is 0 Å². The van der Waals surface area contributed by atoms with Crippen LogP contribution < -0.4 is 5.32 Å².